The average Bonchev–Trinajstić information content (AvgIpc) is 2.38. The molecule has 96 valence electrons. The highest BCUT2D eigenvalue weighted by Crippen LogP contribution is 2.27. The smallest absolute Gasteiger partial charge is 0.190 e. The molecule has 0 heterocycles. The topological polar surface area (TPSA) is 33.0 Å². The Balaban J connectivity index is 2.02. The summed E-state index contributed by atoms with van der Waals surface area (Å²) in [6, 6.07) is 3.70. The molecule has 0 atom stereocenters. The van der Waals surface area contributed by atoms with Crippen LogP contribution in [0.3, 0.4) is 0 Å². The van der Waals surface area contributed by atoms with Crippen molar-refractivity contribution in [1.29, 1.82) is 5.26 Å². The molecule has 2 rings (SSSR count). The van der Waals surface area contributed by atoms with Gasteiger partial charge in [-0.3, -0.25) is 0 Å². The zero-order valence-corrected chi connectivity index (χ0v) is 10.1. The van der Waals surface area contributed by atoms with Gasteiger partial charge in [0.25, 0.3) is 0 Å². The zero-order valence-electron chi connectivity index (χ0n) is 10.1. The van der Waals surface area contributed by atoms with Crippen molar-refractivity contribution in [2.45, 2.75) is 32.1 Å². The first-order valence-corrected chi connectivity index (χ1v) is 6.22. The summed E-state index contributed by atoms with van der Waals surface area (Å²) in [5.74, 6) is -1.59. The van der Waals surface area contributed by atoms with Gasteiger partial charge in [0.15, 0.2) is 17.4 Å². The van der Waals surface area contributed by atoms with Crippen LogP contribution in [-0.2, 0) is 0 Å². The molecule has 1 aromatic rings. The molecule has 0 spiro atoms. The maximum absolute atomic E-state index is 13.5. The summed E-state index contributed by atoms with van der Waals surface area (Å²) >= 11 is 0. The first-order chi connectivity index (χ1) is 8.70. The largest absolute Gasteiger partial charge is 0.487 e. The summed E-state index contributed by atoms with van der Waals surface area (Å²) in [7, 11) is 0. The fraction of sp³-hybridized carbons (Fsp3) is 0.500. The van der Waals surface area contributed by atoms with E-state index in [1.165, 1.54) is 6.42 Å². The summed E-state index contributed by atoms with van der Waals surface area (Å²) in [5.41, 5.74) is -0.0324. The van der Waals surface area contributed by atoms with Crippen LogP contribution >= 0.6 is 0 Å². The Morgan fingerprint density at radius 1 is 1.17 bits per heavy atom. The van der Waals surface area contributed by atoms with E-state index in [2.05, 4.69) is 0 Å². The van der Waals surface area contributed by atoms with Gasteiger partial charge in [0.1, 0.15) is 0 Å². The molecule has 0 unspecified atom stereocenters. The Morgan fingerprint density at radius 2 is 1.78 bits per heavy atom. The van der Waals surface area contributed by atoms with Gasteiger partial charge in [-0.15, -0.1) is 0 Å². The average molecular weight is 251 g/mol. The Labute approximate surface area is 105 Å². The second-order valence-electron chi connectivity index (χ2n) is 4.70. The highest BCUT2D eigenvalue weighted by molar-refractivity contribution is 5.37. The second-order valence-corrected chi connectivity index (χ2v) is 4.70. The van der Waals surface area contributed by atoms with Crippen molar-refractivity contribution in [1.82, 2.24) is 0 Å². The number of nitrogens with zero attached hydrogens (tertiary/aromatic N) is 1. The molecule has 2 nitrogen and oxygen atoms in total. The van der Waals surface area contributed by atoms with E-state index in [9.17, 15) is 8.78 Å². The van der Waals surface area contributed by atoms with Crippen molar-refractivity contribution < 1.29 is 13.5 Å². The number of halogens is 2. The fourth-order valence-corrected chi connectivity index (χ4v) is 2.32. The summed E-state index contributed by atoms with van der Waals surface area (Å²) in [5, 5.41) is 8.59. The molecule has 0 saturated heterocycles. The molecule has 1 fully saturated rings. The van der Waals surface area contributed by atoms with Gasteiger partial charge < -0.3 is 4.74 Å². The van der Waals surface area contributed by atoms with Crippen molar-refractivity contribution in [2.24, 2.45) is 5.92 Å². The van der Waals surface area contributed by atoms with Crippen molar-refractivity contribution in [3.8, 4) is 11.8 Å². The third-order valence-corrected chi connectivity index (χ3v) is 3.32. The number of hydrogen-bond donors (Lipinski definition) is 0. The summed E-state index contributed by atoms with van der Waals surface area (Å²) in [6.45, 7) is 0.347. The Kier molecular flexibility index (Phi) is 4.14. The van der Waals surface area contributed by atoms with E-state index in [1.807, 2.05) is 0 Å². The number of hydrogen-bond acceptors (Lipinski definition) is 2. The summed E-state index contributed by atoms with van der Waals surface area (Å²) in [6.07, 6.45) is 5.66. The van der Waals surface area contributed by atoms with E-state index >= 15 is 0 Å². The van der Waals surface area contributed by atoms with Crippen molar-refractivity contribution in [3.63, 3.8) is 0 Å². The molecule has 1 aromatic carbocycles. The zero-order chi connectivity index (χ0) is 13.0. The van der Waals surface area contributed by atoms with Gasteiger partial charge in [0.05, 0.1) is 18.2 Å². The predicted octanol–water partition coefficient (Wildman–Crippen LogP) is 3.80. The highest BCUT2D eigenvalue weighted by atomic mass is 19.1. The number of ether oxygens (including phenoxy) is 1. The molecule has 0 bridgehead atoms. The van der Waals surface area contributed by atoms with Gasteiger partial charge in [-0.05, 0) is 30.9 Å². The maximum Gasteiger partial charge on any atom is 0.190 e. The number of nitriles is 1. The van der Waals surface area contributed by atoms with Gasteiger partial charge in [-0.2, -0.15) is 5.26 Å². The van der Waals surface area contributed by atoms with Crippen LogP contribution in [0.2, 0.25) is 0 Å². The van der Waals surface area contributed by atoms with E-state index in [4.69, 9.17) is 10.00 Å². The van der Waals surface area contributed by atoms with Crippen LogP contribution in [0.1, 0.15) is 37.7 Å². The molecule has 1 aliphatic carbocycles. The fourth-order valence-electron chi connectivity index (χ4n) is 2.32. The van der Waals surface area contributed by atoms with E-state index < -0.39 is 11.6 Å². The van der Waals surface area contributed by atoms with Crippen LogP contribution in [0, 0.1) is 28.9 Å². The molecular weight excluding hydrogens is 236 g/mol. The monoisotopic (exact) mass is 251 g/mol. The molecule has 1 saturated carbocycles. The minimum atomic E-state index is -0.803. The standard InChI is InChI=1S/C14H15F2NO/c15-12-6-11(8-17)7-13(16)14(12)18-9-10-4-2-1-3-5-10/h6-7,10H,1-5,9H2. The first kappa shape index (κ1) is 12.8. The first-order valence-electron chi connectivity index (χ1n) is 6.22. The highest BCUT2D eigenvalue weighted by Gasteiger charge is 2.17. The number of benzene rings is 1. The molecule has 1 aliphatic rings. The molecular formula is C14H15F2NO. The SMILES string of the molecule is N#Cc1cc(F)c(OCC2CCCCC2)c(F)c1. The van der Waals surface area contributed by atoms with Crippen LogP contribution in [0.25, 0.3) is 0 Å². The minimum absolute atomic E-state index is 0.0324. The Morgan fingerprint density at radius 3 is 2.33 bits per heavy atom. The van der Waals surface area contributed by atoms with Crippen molar-refractivity contribution >= 4 is 0 Å². The lowest BCUT2D eigenvalue weighted by Gasteiger charge is -2.21. The van der Waals surface area contributed by atoms with Crippen LogP contribution in [0.4, 0.5) is 8.78 Å². The molecule has 0 N–H and O–H groups in total. The van der Waals surface area contributed by atoms with Gasteiger partial charge in [0, 0.05) is 0 Å². The predicted molar refractivity (Wildman–Crippen MR) is 63.1 cm³/mol. The normalized spacial score (nSPS) is 16.3. The van der Waals surface area contributed by atoms with Gasteiger partial charge in [-0.25, -0.2) is 8.78 Å². The third kappa shape index (κ3) is 2.98. The lowest BCUT2D eigenvalue weighted by Crippen LogP contribution is -2.16. The van der Waals surface area contributed by atoms with Crippen molar-refractivity contribution in [2.75, 3.05) is 6.61 Å². The lowest BCUT2D eigenvalue weighted by molar-refractivity contribution is 0.195. The van der Waals surface area contributed by atoms with E-state index in [0.29, 0.717) is 12.5 Å². The Hall–Kier alpha value is -1.63. The molecule has 18 heavy (non-hydrogen) atoms. The molecule has 0 aliphatic heterocycles. The van der Waals surface area contributed by atoms with Gasteiger partial charge in [-0.1, -0.05) is 19.3 Å². The summed E-state index contributed by atoms with van der Waals surface area (Å²) in [4.78, 5) is 0. The maximum atomic E-state index is 13.5. The van der Waals surface area contributed by atoms with E-state index in [1.54, 1.807) is 6.07 Å². The summed E-state index contributed by atoms with van der Waals surface area (Å²) < 4.78 is 32.3. The molecule has 0 aromatic heterocycles. The molecule has 0 amide bonds. The molecule has 0 radical (unpaired) electrons. The number of rotatable bonds is 3. The third-order valence-electron chi connectivity index (χ3n) is 3.32. The van der Waals surface area contributed by atoms with Crippen LogP contribution in [0.5, 0.6) is 5.75 Å². The van der Waals surface area contributed by atoms with Crippen LogP contribution in [0.15, 0.2) is 12.1 Å². The second kappa shape index (κ2) is 5.81. The lowest BCUT2D eigenvalue weighted by atomic mass is 9.90. The van der Waals surface area contributed by atoms with Gasteiger partial charge >= 0.3 is 0 Å². The van der Waals surface area contributed by atoms with E-state index in [0.717, 1.165) is 37.8 Å². The van der Waals surface area contributed by atoms with Crippen molar-refractivity contribution in [3.05, 3.63) is 29.3 Å². The quantitative estimate of drug-likeness (QED) is 0.818. The molecule has 4 heteroatoms. The minimum Gasteiger partial charge on any atom is -0.487 e. The van der Waals surface area contributed by atoms with Gasteiger partial charge in [0.2, 0.25) is 0 Å². The van der Waals surface area contributed by atoms with E-state index in [-0.39, 0.29) is 11.3 Å². The van der Waals surface area contributed by atoms with Crippen LogP contribution < -0.4 is 4.74 Å². The Bertz CT molecular complexity index is 438. The van der Waals surface area contributed by atoms with Crippen LogP contribution in [-0.4, -0.2) is 6.61 Å².